The Bertz CT molecular complexity index is 517. The van der Waals surface area contributed by atoms with Crippen molar-refractivity contribution in [2.45, 2.75) is 32.9 Å². The van der Waals surface area contributed by atoms with Crippen LogP contribution in [-0.2, 0) is 0 Å². The van der Waals surface area contributed by atoms with E-state index in [1.54, 1.807) is 0 Å². The standard InChI is InChI=1S/C16H20N2/c1-3-11(4-2)16-17-13-9-5-7-12-8-6-10-14(18-16)15(12)13/h5-11,16-18H,3-4H2,1-2H3. The van der Waals surface area contributed by atoms with Crippen LogP contribution in [0.5, 0.6) is 0 Å². The van der Waals surface area contributed by atoms with Crippen molar-refractivity contribution < 1.29 is 0 Å². The molecular weight excluding hydrogens is 220 g/mol. The van der Waals surface area contributed by atoms with Crippen LogP contribution in [0.15, 0.2) is 36.4 Å². The average molecular weight is 240 g/mol. The molecule has 1 aliphatic heterocycles. The summed E-state index contributed by atoms with van der Waals surface area (Å²) in [4.78, 5) is 0. The third-order valence-electron chi connectivity index (χ3n) is 4.05. The highest BCUT2D eigenvalue weighted by atomic mass is 15.2. The lowest BCUT2D eigenvalue weighted by Gasteiger charge is -2.34. The molecule has 2 aromatic carbocycles. The molecule has 0 fully saturated rings. The molecule has 0 saturated carbocycles. The number of rotatable bonds is 3. The first kappa shape index (κ1) is 11.4. The van der Waals surface area contributed by atoms with Crippen LogP contribution in [0, 0.1) is 5.92 Å². The quantitative estimate of drug-likeness (QED) is 0.828. The second-order valence-corrected chi connectivity index (χ2v) is 5.05. The first-order valence-electron chi connectivity index (χ1n) is 6.88. The smallest absolute Gasteiger partial charge is 0.0992 e. The largest absolute Gasteiger partial charge is 0.365 e. The predicted octanol–water partition coefficient (Wildman–Crippen LogP) is 4.44. The fourth-order valence-corrected chi connectivity index (χ4v) is 2.95. The maximum atomic E-state index is 3.65. The zero-order valence-electron chi connectivity index (χ0n) is 11.0. The fourth-order valence-electron chi connectivity index (χ4n) is 2.95. The second-order valence-electron chi connectivity index (χ2n) is 5.05. The van der Waals surface area contributed by atoms with E-state index >= 15 is 0 Å². The van der Waals surface area contributed by atoms with Crippen molar-refractivity contribution in [3.63, 3.8) is 0 Å². The van der Waals surface area contributed by atoms with Crippen molar-refractivity contribution in [1.82, 2.24) is 0 Å². The van der Waals surface area contributed by atoms with E-state index in [1.165, 1.54) is 35.0 Å². The normalized spacial score (nSPS) is 14.6. The summed E-state index contributed by atoms with van der Waals surface area (Å²) in [7, 11) is 0. The van der Waals surface area contributed by atoms with Crippen molar-refractivity contribution in [3.8, 4) is 0 Å². The van der Waals surface area contributed by atoms with E-state index in [0.29, 0.717) is 12.1 Å². The van der Waals surface area contributed by atoms with E-state index < -0.39 is 0 Å². The van der Waals surface area contributed by atoms with Crippen LogP contribution in [0.1, 0.15) is 26.7 Å². The second kappa shape index (κ2) is 4.52. The van der Waals surface area contributed by atoms with Crippen molar-refractivity contribution in [1.29, 1.82) is 0 Å². The molecule has 1 heterocycles. The summed E-state index contributed by atoms with van der Waals surface area (Å²) in [5.74, 6) is 0.661. The third-order valence-corrected chi connectivity index (χ3v) is 4.05. The Morgan fingerprint density at radius 1 is 0.944 bits per heavy atom. The van der Waals surface area contributed by atoms with Gasteiger partial charge in [0, 0.05) is 16.8 Å². The zero-order chi connectivity index (χ0) is 12.5. The van der Waals surface area contributed by atoms with Gasteiger partial charge in [0.25, 0.3) is 0 Å². The van der Waals surface area contributed by atoms with E-state index in [-0.39, 0.29) is 0 Å². The Kier molecular flexibility index (Phi) is 2.86. The van der Waals surface area contributed by atoms with Crippen molar-refractivity contribution >= 4 is 22.1 Å². The molecule has 1 aliphatic rings. The minimum atomic E-state index is 0.348. The molecular formula is C16H20N2. The summed E-state index contributed by atoms with van der Waals surface area (Å²) in [6.45, 7) is 4.53. The Labute approximate surface area is 108 Å². The van der Waals surface area contributed by atoms with Crippen molar-refractivity contribution in [3.05, 3.63) is 36.4 Å². The Hall–Kier alpha value is -1.70. The number of benzene rings is 2. The molecule has 0 unspecified atom stereocenters. The van der Waals surface area contributed by atoms with Crippen LogP contribution in [-0.4, -0.2) is 6.17 Å². The predicted molar refractivity (Wildman–Crippen MR) is 79.1 cm³/mol. The molecule has 0 radical (unpaired) electrons. The molecule has 2 N–H and O–H groups in total. The molecule has 2 heteroatoms. The molecule has 0 aliphatic carbocycles. The Balaban J connectivity index is 2.05. The first-order chi connectivity index (χ1) is 8.83. The van der Waals surface area contributed by atoms with Gasteiger partial charge in [0.1, 0.15) is 0 Å². The van der Waals surface area contributed by atoms with Crippen LogP contribution in [0.3, 0.4) is 0 Å². The van der Waals surface area contributed by atoms with Gasteiger partial charge in [0.2, 0.25) is 0 Å². The fraction of sp³-hybridized carbons (Fsp3) is 0.375. The first-order valence-corrected chi connectivity index (χ1v) is 6.88. The topological polar surface area (TPSA) is 24.1 Å². The summed E-state index contributed by atoms with van der Waals surface area (Å²) in [6.07, 6.45) is 2.74. The van der Waals surface area contributed by atoms with Crippen molar-refractivity contribution in [2.24, 2.45) is 5.92 Å². The van der Waals surface area contributed by atoms with Crippen LogP contribution < -0.4 is 10.6 Å². The van der Waals surface area contributed by atoms with Gasteiger partial charge in [0.15, 0.2) is 0 Å². The molecule has 94 valence electrons. The molecule has 0 aromatic heterocycles. The minimum Gasteiger partial charge on any atom is -0.365 e. The SMILES string of the molecule is CCC(CC)C1Nc2cccc3cccc(c23)N1. The summed E-state index contributed by atoms with van der Waals surface area (Å²) in [6, 6.07) is 13.0. The maximum absolute atomic E-state index is 3.65. The number of nitrogens with one attached hydrogen (secondary N) is 2. The van der Waals surface area contributed by atoms with Gasteiger partial charge in [-0.2, -0.15) is 0 Å². The van der Waals surface area contributed by atoms with Crippen LogP contribution in [0.25, 0.3) is 10.8 Å². The summed E-state index contributed by atoms with van der Waals surface area (Å²) >= 11 is 0. The van der Waals surface area contributed by atoms with Crippen LogP contribution in [0.2, 0.25) is 0 Å². The highest BCUT2D eigenvalue weighted by molar-refractivity contribution is 6.04. The van der Waals surface area contributed by atoms with Gasteiger partial charge in [-0.05, 0) is 36.3 Å². The summed E-state index contributed by atoms with van der Waals surface area (Å²) < 4.78 is 0. The molecule has 3 rings (SSSR count). The Morgan fingerprint density at radius 2 is 1.50 bits per heavy atom. The van der Waals surface area contributed by atoms with E-state index in [9.17, 15) is 0 Å². The number of hydrogen-bond donors (Lipinski definition) is 2. The van der Waals surface area contributed by atoms with Gasteiger partial charge in [-0.1, -0.05) is 38.1 Å². The molecule has 0 bridgehead atoms. The van der Waals surface area contributed by atoms with Crippen LogP contribution in [0.4, 0.5) is 11.4 Å². The van der Waals surface area contributed by atoms with Gasteiger partial charge in [0.05, 0.1) is 6.17 Å². The molecule has 0 spiro atoms. The monoisotopic (exact) mass is 240 g/mol. The average Bonchev–Trinajstić information content (AvgIpc) is 2.41. The van der Waals surface area contributed by atoms with Gasteiger partial charge in [-0.3, -0.25) is 0 Å². The lowest BCUT2D eigenvalue weighted by molar-refractivity contribution is 0.444. The lowest BCUT2D eigenvalue weighted by atomic mass is 9.96. The number of hydrogen-bond acceptors (Lipinski definition) is 2. The molecule has 2 nitrogen and oxygen atoms in total. The zero-order valence-corrected chi connectivity index (χ0v) is 11.0. The van der Waals surface area contributed by atoms with E-state index in [4.69, 9.17) is 0 Å². The summed E-state index contributed by atoms with van der Waals surface area (Å²) in [5.41, 5.74) is 2.53. The van der Waals surface area contributed by atoms with Gasteiger partial charge in [-0.25, -0.2) is 0 Å². The van der Waals surface area contributed by atoms with E-state index in [1.807, 2.05) is 0 Å². The summed E-state index contributed by atoms with van der Waals surface area (Å²) in [5, 5.41) is 9.92. The molecule has 2 aromatic rings. The highest BCUT2D eigenvalue weighted by Crippen LogP contribution is 2.36. The Morgan fingerprint density at radius 3 is 2.00 bits per heavy atom. The molecule has 0 saturated heterocycles. The van der Waals surface area contributed by atoms with E-state index in [2.05, 4.69) is 60.9 Å². The highest BCUT2D eigenvalue weighted by Gasteiger charge is 2.23. The van der Waals surface area contributed by atoms with E-state index in [0.717, 1.165) is 0 Å². The van der Waals surface area contributed by atoms with Gasteiger partial charge < -0.3 is 10.6 Å². The van der Waals surface area contributed by atoms with Gasteiger partial charge in [-0.15, -0.1) is 0 Å². The third kappa shape index (κ3) is 1.72. The van der Waals surface area contributed by atoms with Gasteiger partial charge >= 0.3 is 0 Å². The van der Waals surface area contributed by atoms with Crippen LogP contribution >= 0.6 is 0 Å². The van der Waals surface area contributed by atoms with Crippen molar-refractivity contribution in [2.75, 3.05) is 10.6 Å². The molecule has 0 amide bonds. The molecule has 18 heavy (non-hydrogen) atoms. The lowest BCUT2D eigenvalue weighted by Crippen LogP contribution is -2.38. The molecule has 0 atom stereocenters. The minimum absolute atomic E-state index is 0.348. The maximum Gasteiger partial charge on any atom is 0.0992 e. The number of anilines is 2.